The fourth-order valence-corrected chi connectivity index (χ4v) is 3.00. The molecule has 0 radical (unpaired) electrons. The molecule has 4 aromatic rings. The number of H-pyrrole nitrogens is 1. The smallest absolute Gasteiger partial charge is 0.141 e. The minimum atomic E-state index is 0.704. The van der Waals surface area contributed by atoms with Gasteiger partial charge in [0.1, 0.15) is 11.3 Å². The topological polar surface area (TPSA) is 66.7 Å². The molecule has 0 saturated carbocycles. The van der Waals surface area contributed by atoms with Crippen LogP contribution in [0.15, 0.2) is 47.2 Å². The lowest BCUT2D eigenvalue weighted by Crippen LogP contribution is -1.93. The standard InChI is InChI=1S/C18H15ClN4O/c1-10-17(11(2)24-23-10)12-7-15-18(21-9-20-15)16(8-12)22-14-5-3-13(19)4-6-14/h3-9,22H,1-2H3,(H,20,21). The molecule has 0 spiro atoms. The van der Waals surface area contributed by atoms with E-state index < -0.39 is 0 Å². The number of anilines is 2. The Morgan fingerprint density at radius 3 is 2.62 bits per heavy atom. The van der Waals surface area contributed by atoms with E-state index in [1.165, 1.54) is 0 Å². The van der Waals surface area contributed by atoms with Crippen LogP contribution in [-0.4, -0.2) is 15.1 Å². The predicted molar refractivity (Wildman–Crippen MR) is 95.8 cm³/mol. The number of nitrogens with one attached hydrogen (secondary N) is 2. The first-order chi connectivity index (χ1) is 11.6. The van der Waals surface area contributed by atoms with Gasteiger partial charge in [0.05, 0.1) is 23.2 Å². The van der Waals surface area contributed by atoms with Gasteiger partial charge < -0.3 is 14.8 Å². The van der Waals surface area contributed by atoms with Gasteiger partial charge in [-0.15, -0.1) is 0 Å². The Morgan fingerprint density at radius 2 is 1.92 bits per heavy atom. The average Bonchev–Trinajstić information content (AvgIpc) is 3.16. The van der Waals surface area contributed by atoms with E-state index in [4.69, 9.17) is 16.1 Å². The molecule has 24 heavy (non-hydrogen) atoms. The molecule has 0 fully saturated rings. The molecule has 2 aromatic heterocycles. The van der Waals surface area contributed by atoms with E-state index in [1.807, 2.05) is 38.1 Å². The number of hydrogen-bond donors (Lipinski definition) is 2. The summed E-state index contributed by atoms with van der Waals surface area (Å²) in [6.07, 6.45) is 1.69. The Balaban J connectivity index is 1.85. The summed E-state index contributed by atoms with van der Waals surface area (Å²) in [4.78, 5) is 7.59. The molecule has 2 heterocycles. The van der Waals surface area contributed by atoms with E-state index in [1.54, 1.807) is 6.33 Å². The van der Waals surface area contributed by atoms with Gasteiger partial charge in [-0.05, 0) is 55.8 Å². The summed E-state index contributed by atoms with van der Waals surface area (Å²) in [5.74, 6) is 0.795. The van der Waals surface area contributed by atoms with E-state index in [0.717, 1.165) is 45.0 Å². The number of aryl methyl sites for hydroxylation is 2. The molecular weight excluding hydrogens is 324 g/mol. The highest BCUT2D eigenvalue weighted by atomic mass is 35.5. The van der Waals surface area contributed by atoms with Gasteiger partial charge in [-0.2, -0.15) is 0 Å². The van der Waals surface area contributed by atoms with Crippen molar-refractivity contribution < 1.29 is 4.52 Å². The SMILES string of the molecule is Cc1noc(C)c1-c1cc(Nc2ccc(Cl)cc2)c2nc[nH]c2c1. The first-order valence-electron chi connectivity index (χ1n) is 7.55. The Morgan fingerprint density at radius 1 is 1.12 bits per heavy atom. The molecule has 0 bridgehead atoms. The van der Waals surface area contributed by atoms with Crippen LogP contribution >= 0.6 is 11.6 Å². The maximum absolute atomic E-state index is 5.96. The van der Waals surface area contributed by atoms with Gasteiger partial charge in [0.25, 0.3) is 0 Å². The van der Waals surface area contributed by atoms with Gasteiger partial charge in [-0.3, -0.25) is 0 Å². The molecule has 0 aliphatic carbocycles. The second kappa shape index (κ2) is 5.69. The molecule has 0 saturated heterocycles. The van der Waals surface area contributed by atoms with Crippen molar-refractivity contribution in [1.82, 2.24) is 15.1 Å². The third-order valence-electron chi connectivity index (χ3n) is 3.97. The summed E-state index contributed by atoms with van der Waals surface area (Å²) in [7, 11) is 0. The highest BCUT2D eigenvalue weighted by Gasteiger charge is 2.15. The van der Waals surface area contributed by atoms with E-state index >= 15 is 0 Å². The van der Waals surface area contributed by atoms with Gasteiger partial charge in [0, 0.05) is 16.3 Å². The molecule has 2 N–H and O–H groups in total. The van der Waals surface area contributed by atoms with Crippen LogP contribution in [-0.2, 0) is 0 Å². The van der Waals surface area contributed by atoms with Crippen LogP contribution in [0.2, 0.25) is 5.02 Å². The van der Waals surface area contributed by atoms with Crippen LogP contribution in [0.5, 0.6) is 0 Å². The number of imidazole rings is 1. The Kier molecular flexibility index (Phi) is 3.50. The van der Waals surface area contributed by atoms with E-state index in [2.05, 4.69) is 32.6 Å². The number of benzene rings is 2. The molecule has 0 amide bonds. The van der Waals surface area contributed by atoms with E-state index in [0.29, 0.717) is 5.02 Å². The fraction of sp³-hybridized carbons (Fsp3) is 0.111. The molecular formula is C18H15ClN4O. The molecule has 120 valence electrons. The van der Waals surface area contributed by atoms with Crippen molar-refractivity contribution in [2.45, 2.75) is 13.8 Å². The van der Waals surface area contributed by atoms with Gasteiger partial charge in [-0.1, -0.05) is 16.8 Å². The Hall–Kier alpha value is -2.79. The van der Waals surface area contributed by atoms with Crippen LogP contribution in [0.25, 0.3) is 22.2 Å². The summed E-state index contributed by atoms with van der Waals surface area (Å²) in [6, 6.07) is 11.7. The zero-order valence-electron chi connectivity index (χ0n) is 13.2. The second-order valence-corrected chi connectivity index (χ2v) is 6.09. The first kappa shape index (κ1) is 14.8. The summed E-state index contributed by atoms with van der Waals surface area (Å²) < 4.78 is 5.30. The van der Waals surface area contributed by atoms with Gasteiger partial charge in [0.15, 0.2) is 0 Å². The normalized spacial score (nSPS) is 11.1. The quantitative estimate of drug-likeness (QED) is 0.536. The Labute approximate surface area is 143 Å². The minimum absolute atomic E-state index is 0.704. The van der Waals surface area contributed by atoms with Crippen molar-refractivity contribution in [2.75, 3.05) is 5.32 Å². The highest BCUT2D eigenvalue weighted by Crippen LogP contribution is 2.34. The summed E-state index contributed by atoms with van der Waals surface area (Å²) in [5, 5.41) is 8.16. The molecule has 5 nitrogen and oxygen atoms in total. The molecule has 0 unspecified atom stereocenters. The number of aromatic nitrogens is 3. The zero-order valence-corrected chi connectivity index (χ0v) is 14.0. The number of aromatic amines is 1. The van der Waals surface area contributed by atoms with Gasteiger partial charge in [0.2, 0.25) is 0 Å². The van der Waals surface area contributed by atoms with Crippen LogP contribution < -0.4 is 5.32 Å². The Bertz CT molecular complexity index is 998. The predicted octanol–water partition coefficient (Wildman–Crippen LogP) is 5.23. The largest absolute Gasteiger partial charge is 0.361 e. The summed E-state index contributed by atoms with van der Waals surface area (Å²) in [5.41, 5.74) is 6.57. The molecule has 0 aliphatic heterocycles. The van der Waals surface area contributed by atoms with E-state index in [9.17, 15) is 0 Å². The number of rotatable bonds is 3. The fourth-order valence-electron chi connectivity index (χ4n) is 2.87. The zero-order chi connectivity index (χ0) is 16.7. The van der Waals surface area contributed by atoms with E-state index in [-0.39, 0.29) is 0 Å². The monoisotopic (exact) mass is 338 g/mol. The third kappa shape index (κ3) is 2.53. The highest BCUT2D eigenvalue weighted by molar-refractivity contribution is 6.30. The maximum Gasteiger partial charge on any atom is 0.141 e. The average molecular weight is 339 g/mol. The third-order valence-corrected chi connectivity index (χ3v) is 4.22. The van der Waals surface area contributed by atoms with Crippen molar-refractivity contribution in [3.05, 3.63) is 59.2 Å². The molecule has 0 atom stereocenters. The maximum atomic E-state index is 5.96. The lowest BCUT2D eigenvalue weighted by molar-refractivity contribution is 0.393. The van der Waals surface area contributed by atoms with Crippen molar-refractivity contribution >= 4 is 34.0 Å². The van der Waals surface area contributed by atoms with Crippen LogP contribution in [0.4, 0.5) is 11.4 Å². The summed E-state index contributed by atoms with van der Waals surface area (Å²) in [6.45, 7) is 3.86. The van der Waals surface area contributed by atoms with Crippen LogP contribution in [0.1, 0.15) is 11.5 Å². The van der Waals surface area contributed by atoms with Crippen LogP contribution in [0, 0.1) is 13.8 Å². The molecule has 2 aromatic carbocycles. The van der Waals surface area contributed by atoms with Crippen molar-refractivity contribution in [1.29, 1.82) is 0 Å². The number of halogens is 1. The molecule has 4 rings (SSSR count). The van der Waals surface area contributed by atoms with Crippen molar-refractivity contribution in [3.8, 4) is 11.1 Å². The van der Waals surface area contributed by atoms with Crippen molar-refractivity contribution in [2.24, 2.45) is 0 Å². The number of fused-ring (bicyclic) bond motifs is 1. The second-order valence-electron chi connectivity index (χ2n) is 5.65. The van der Waals surface area contributed by atoms with Crippen LogP contribution in [0.3, 0.4) is 0 Å². The molecule has 6 heteroatoms. The minimum Gasteiger partial charge on any atom is -0.361 e. The number of nitrogens with zero attached hydrogens (tertiary/aromatic N) is 2. The first-order valence-corrected chi connectivity index (χ1v) is 7.92. The van der Waals surface area contributed by atoms with Gasteiger partial charge in [-0.25, -0.2) is 4.98 Å². The van der Waals surface area contributed by atoms with Gasteiger partial charge >= 0.3 is 0 Å². The summed E-state index contributed by atoms with van der Waals surface area (Å²) >= 11 is 5.96. The lowest BCUT2D eigenvalue weighted by atomic mass is 10.0. The van der Waals surface area contributed by atoms with Crippen molar-refractivity contribution in [3.63, 3.8) is 0 Å². The molecule has 0 aliphatic rings. The number of hydrogen-bond acceptors (Lipinski definition) is 4. The lowest BCUT2D eigenvalue weighted by Gasteiger charge is -2.10.